The standard InChI is InChI=1S/C23H23N3O3/c1-26(15-17-6-3-2-4-7-17)16-23(27)25-22-9-5-8-19(24-22)18-10-11-20-21(14-18)29-13-12-28-20/h2-11,14H,12-13,15-16H2,1H3,(H,24,25,27). The topological polar surface area (TPSA) is 63.7 Å². The van der Waals surface area contributed by atoms with E-state index in [-0.39, 0.29) is 12.5 Å². The van der Waals surface area contributed by atoms with E-state index in [9.17, 15) is 4.79 Å². The molecule has 148 valence electrons. The van der Waals surface area contributed by atoms with Crippen LogP contribution in [-0.4, -0.2) is 42.6 Å². The molecule has 0 unspecified atom stereocenters. The first-order valence-electron chi connectivity index (χ1n) is 9.57. The zero-order valence-corrected chi connectivity index (χ0v) is 16.3. The van der Waals surface area contributed by atoms with Gasteiger partial charge in [-0.25, -0.2) is 4.98 Å². The Bertz CT molecular complexity index is 992. The fraction of sp³-hybridized carbons (Fsp3) is 0.217. The average molecular weight is 389 g/mol. The molecule has 0 saturated carbocycles. The molecule has 0 radical (unpaired) electrons. The third-order valence-corrected chi connectivity index (χ3v) is 4.56. The van der Waals surface area contributed by atoms with Crippen molar-refractivity contribution in [3.8, 4) is 22.8 Å². The lowest BCUT2D eigenvalue weighted by molar-refractivity contribution is -0.117. The van der Waals surface area contributed by atoms with Crippen molar-refractivity contribution in [3.05, 3.63) is 72.3 Å². The number of aromatic nitrogens is 1. The van der Waals surface area contributed by atoms with Gasteiger partial charge >= 0.3 is 0 Å². The van der Waals surface area contributed by atoms with Crippen LogP contribution in [0.3, 0.4) is 0 Å². The van der Waals surface area contributed by atoms with Crippen molar-refractivity contribution >= 4 is 11.7 Å². The molecule has 1 aliphatic heterocycles. The number of likely N-dealkylation sites (N-methyl/N-ethyl adjacent to an activating group) is 1. The molecule has 2 heterocycles. The summed E-state index contributed by atoms with van der Waals surface area (Å²) in [4.78, 5) is 19.0. The smallest absolute Gasteiger partial charge is 0.239 e. The van der Waals surface area contributed by atoms with Crippen LogP contribution in [0, 0.1) is 0 Å². The highest BCUT2D eigenvalue weighted by Crippen LogP contribution is 2.34. The number of anilines is 1. The first kappa shape index (κ1) is 19.0. The molecule has 0 saturated heterocycles. The summed E-state index contributed by atoms with van der Waals surface area (Å²) in [7, 11) is 1.92. The molecule has 0 aliphatic carbocycles. The zero-order chi connectivity index (χ0) is 20.1. The number of nitrogens with zero attached hydrogens (tertiary/aromatic N) is 2. The molecule has 1 amide bonds. The molecule has 1 N–H and O–H groups in total. The van der Waals surface area contributed by atoms with Crippen LogP contribution in [0.4, 0.5) is 5.82 Å². The summed E-state index contributed by atoms with van der Waals surface area (Å²) in [6.07, 6.45) is 0. The van der Waals surface area contributed by atoms with E-state index in [1.807, 2.05) is 72.6 Å². The van der Waals surface area contributed by atoms with Gasteiger partial charge in [0, 0.05) is 12.1 Å². The Labute approximate surface area is 170 Å². The summed E-state index contributed by atoms with van der Waals surface area (Å²) in [5, 5.41) is 2.88. The van der Waals surface area contributed by atoms with E-state index < -0.39 is 0 Å². The minimum atomic E-state index is -0.102. The second kappa shape index (κ2) is 8.75. The summed E-state index contributed by atoms with van der Waals surface area (Å²) in [5.74, 6) is 1.88. The van der Waals surface area contributed by atoms with E-state index in [0.717, 1.165) is 17.0 Å². The summed E-state index contributed by atoms with van der Waals surface area (Å²) in [6, 6.07) is 21.4. The predicted molar refractivity (Wildman–Crippen MR) is 112 cm³/mol. The maximum Gasteiger partial charge on any atom is 0.239 e. The van der Waals surface area contributed by atoms with Crippen LogP contribution in [-0.2, 0) is 11.3 Å². The van der Waals surface area contributed by atoms with Crippen molar-refractivity contribution in [2.45, 2.75) is 6.54 Å². The van der Waals surface area contributed by atoms with Gasteiger partial charge in [0.15, 0.2) is 11.5 Å². The van der Waals surface area contributed by atoms with E-state index in [1.165, 1.54) is 5.56 Å². The number of hydrogen-bond acceptors (Lipinski definition) is 5. The van der Waals surface area contributed by atoms with Gasteiger partial charge < -0.3 is 14.8 Å². The summed E-state index contributed by atoms with van der Waals surface area (Å²) < 4.78 is 11.2. The van der Waals surface area contributed by atoms with Gasteiger partial charge in [0.2, 0.25) is 5.91 Å². The highest BCUT2D eigenvalue weighted by molar-refractivity contribution is 5.91. The first-order valence-corrected chi connectivity index (χ1v) is 9.57. The van der Waals surface area contributed by atoms with Gasteiger partial charge in [-0.15, -0.1) is 0 Å². The maximum atomic E-state index is 12.4. The molecular formula is C23H23N3O3. The Kier molecular flexibility index (Phi) is 5.72. The third-order valence-electron chi connectivity index (χ3n) is 4.56. The van der Waals surface area contributed by atoms with E-state index in [1.54, 1.807) is 6.07 Å². The largest absolute Gasteiger partial charge is 0.486 e. The minimum absolute atomic E-state index is 0.102. The molecule has 3 aromatic rings. The molecule has 0 spiro atoms. The Morgan fingerprint density at radius 3 is 2.62 bits per heavy atom. The fourth-order valence-electron chi connectivity index (χ4n) is 3.25. The van der Waals surface area contributed by atoms with Gasteiger partial charge in [-0.3, -0.25) is 9.69 Å². The molecule has 6 nitrogen and oxygen atoms in total. The highest BCUT2D eigenvalue weighted by Gasteiger charge is 2.14. The Hall–Kier alpha value is -3.38. The first-order chi connectivity index (χ1) is 14.2. The van der Waals surface area contributed by atoms with Gasteiger partial charge in [-0.1, -0.05) is 36.4 Å². The second-order valence-corrected chi connectivity index (χ2v) is 6.97. The normalized spacial score (nSPS) is 12.6. The quantitative estimate of drug-likeness (QED) is 0.698. The van der Waals surface area contributed by atoms with Crippen LogP contribution in [0.1, 0.15) is 5.56 Å². The molecule has 1 aliphatic rings. The van der Waals surface area contributed by atoms with Crippen LogP contribution in [0.2, 0.25) is 0 Å². The zero-order valence-electron chi connectivity index (χ0n) is 16.3. The van der Waals surface area contributed by atoms with Crippen molar-refractivity contribution < 1.29 is 14.3 Å². The molecule has 6 heteroatoms. The highest BCUT2D eigenvalue weighted by atomic mass is 16.6. The number of hydrogen-bond donors (Lipinski definition) is 1. The molecule has 0 atom stereocenters. The summed E-state index contributed by atoms with van der Waals surface area (Å²) in [5.41, 5.74) is 2.84. The Balaban J connectivity index is 1.40. The van der Waals surface area contributed by atoms with Crippen LogP contribution < -0.4 is 14.8 Å². The van der Waals surface area contributed by atoms with Crippen molar-refractivity contribution in [3.63, 3.8) is 0 Å². The number of ether oxygens (including phenoxy) is 2. The van der Waals surface area contributed by atoms with Gasteiger partial charge in [0.05, 0.1) is 12.2 Å². The average Bonchev–Trinajstić information content (AvgIpc) is 2.74. The Morgan fingerprint density at radius 1 is 1.00 bits per heavy atom. The number of carbonyl (C=O) groups excluding carboxylic acids is 1. The van der Waals surface area contributed by atoms with E-state index in [0.29, 0.717) is 31.3 Å². The van der Waals surface area contributed by atoms with Gasteiger partial charge in [0.25, 0.3) is 0 Å². The van der Waals surface area contributed by atoms with Crippen molar-refractivity contribution in [1.29, 1.82) is 0 Å². The number of rotatable bonds is 6. The predicted octanol–water partition coefficient (Wildman–Crippen LogP) is 3.59. The van der Waals surface area contributed by atoms with Gasteiger partial charge in [-0.05, 0) is 42.9 Å². The number of benzene rings is 2. The van der Waals surface area contributed by atoms with E-state index in [4.69, 9.17) is 9.47 Å². The molecule has 2 aromatic carbocycles. The number of fused-ring (bicyclic) bond motifs is 1. The van der Waals surface area contributed by atoms with Crippen LogP contribution in [0.25, 0.3) is 11.3 Å². The van der Waals surface area contributed by atoms with Crippen LogP contribution >= 0.6 is 0 Å². The van der Waals surface area contributed by atoms with Crippen molar-refractivity contribution in [1.82, 2.24) is 9.88 Å². The third kappa shape index (κ3) is 4.92. The molecule has 4 rings (SSSR count). The van der Waals surface area contributed by atoms with Crippen molar-refractivity contribution in [2.24, 2.45) is 0 Å². The lowest BCUT2D eigenvalue weighted by atomic mass is 10.1. The molecule has 29 heavy (non-hydrogen) atoms. The van der Waals surface area contributed by atoms with E-state index >= 15 is 0 Å². The number of pyridine rings is 1. The van der Waals surface area contributed by atoms with Crippen molar-refractivity contribution in [2.75, 3.05) is 32.1 Å². The van der Waals surface area contributed by atoms with Gasteiger partial charge in [-0.2, -0.15) is 0 Å². The molecule has 1 aromatic heterocycles. The fourth-order valence-corrected chi connectivity index (χ4v) is 3.25. The number of nitrogens with one attached hydrogen (secondary N) is 1. The monoisotopic (exact) mass is 389 g/mol. The van der Waals surface area contributed by atoms with Gasteiger partial charge in [0.1, 0.15) is 19.0 Å². The summed E-state index contributed by atoms with van der Waals surface area (Å²) >= 11 is 0. The number of carbonyl (C=O) groups is 1. The molecular weight excluding hydrogens is 366 g/mol. The number of amides is 1. The second-order valence-electron chi connectivity index (χ2n) is 6.97. The summed E-state index contributed by atoms with van der Waals surface area (Å²) in [6.45, 7) is 2.09. The SMILES string of the molecule is CN(CC(=O)Nc1cccc(-c2ccc3c(c2)OCCO3)n1)Cc1ccccc1. The van der Waals surface area contributed by atoms with E-state index in [2.05, 4.69) is 10.3 Å². The lowest BCUT2D eigenvalue weighted by Gasteiger charge is -2.19. The van der Waals surface area contributed by atoms with Crippen LogP contribution in [0.5, 0.6) is 11.5 Å². The van der Waals surface area contributed by atoms with Crippen LogP contribution in [0.15, 0.2) is 66.7 Å². The Morgan fingerprint density at radius 2 is 1.79 bits per heavy atom. The molecule has 0 fully saturated rings. The lowest BCUT2D eigenvalue weighted by Crippen LogP contribution is -2.30. The molecule has 0 bridgehead atoms. The maximum absolute atomic E-state index is 12.4. The minimum Gasteiger partial charge on any atom is -0.486 e.